The lowest BCUT2D eigenvalue weighted by atomic mass is 9.87. The van der Waals surface area contributed by atoms with E-state index >= 15 is 0 Å². The van der Waals surface area contributed by atoms with Crippen molar-refractivity contribution in [3.63, 3.8) is 0 Å². The molecule has 0 spiro atoms. The van der Waals surface area contributed by atoms with Crippen LogP contribution < -0.4 is 0 Å². The van der Waals surface area contributed by atoms with Gasteiger partial charge in [0, 0.05) is 12.6 Å². The molecular formula is C27H36F3N. The molecule has 4 heteroatoms. The molecule has 0 bridgehead atoms. The number of alkyl halides is 3. The zero-order chi connectivity index (χ0) is 22.3. The predicted molar refractivity (Wildman–Crippen MR) is 122 cm³/mol. The van der Waals surface area contributed by atoms with E-state index in [0.717, 1.165) is 44.3 Å². The molecule has 0 N–H and O–H groups in total. The molecule has 2 aromatic carbocycles. The molecule has 2 aromatic rings. The van der Waals surface area contributed by atoms with E-state index in [1.807, 2.05) is 24.3 Å². The lowest BCUT2D eigenvalue weighted by Gasteiger charge is -2.29. The minimum atomic E-state index is -4.09. The van der Waals surface area contributed by atoms with Crippen molar-refractivity contribution in [3.8, 4) is 0 Å². The number of rotatable bonds is 10. The van der Waals surface area contributed by atoms with E-state index in [-0.39, 0.29) is 12.3 Å². The van der Waals surface area contributed by atoms with Gasteiger partial charge in [-0.05, 0) is 74.6 Å². The van der Waals surface area contributed by atoms with Crippen LogP contribution in [0, 0.1) is 5.92 Å². The SMILES string of the molecule is CCCN(CCc1ccccc1)C(C)CCc1ccc(C2CCCC2C(F)(F)F)cc1. The number of benzene rings is 2. The number of nitrogens with zero attached hydrogens (tertiary/aromatic N) is 1. The summed E-state index contributed by atoms with van der Waals surface area (Å²) in [5.74, 6) is -1.54. The van der Waals surface area contributed by atoms with E-state index in [1.165, 1.54) is 11.1 Å². The number of hydrogen-bond donors (Lipinski definition) is 0. The molecule has 0 aliphatic heterocycles. The molecule has 1 saturated carbocycles. The van der Waals surface area contributed by atoms with Crippen molar-refractivity contribution in [2.24, 2.45) is 5.92 Å². The molecule has 1 nitrogen and oxygen atoms in total. The van der Waals surface area contributed by atoms with Gasteiger partial charge < -0.3 is 4.90 Å². The second-order valence-electron chi connectivity index (χ2n) is 9.09. The van der Waals surface area contributed by atoms with E-state index in [2.05, 4.69) is 49.1 Å². The second kappa shape index (κ2) is 11.2. The van der Waals surface area contributed by atoms with Crippen LogP contribution in [0.25, 0.3) is 0 Å². The van der Waals surface area contributed by atoms with Crippen molar-refractivity contribution < 1.29 is 13.2 Å². The molecule has 1 fully saturated rings. The fourth-order valence-corrected chi connectivity index (χ4v) is 5.00. The highest BCUT2D eigenvalue weighted by Crippen LogP contribution is 2.48. The van der Waals surface area contributed by atoms with E-state index in [1.54, 1.807) is 0 Å². The highest BCUT2D eigenvalue weighted by Gasteiger charge is 2.47. The van der Waals surface area contributed by atoms with Crippen LogP contribution in [0.1, 0.15) is 68.6 Å². The average Bonchev–Trinajstić information content (AvgIpc) is 3.27. The minimum absolute atomic E-state index is 0.268. The lowest BCUT2D eigenvalue weighted by molar-refractivity contribution is -0.176. The zero-order valence-electron chi connectivity index (χ0n) is 18.9. The molecule has 0 radical (unpaired) electrons. The lowest BCUT2D eigenvalue weighted by Crippen LogP contribution is -2.35. The average molecular weight is 432 g/mol. The van der Waals surface area contributed by atoms with Gasteiger partial charge in [-0.25, -0.2) is 0 Å². The zero-order valence-corrected chi connectivity index (χ0v) is 18.9. The smallest absolute Gasteiger partial charge is 0.300 e. The van der Waals surface area contributed by atoms with Crippen LogP contribution in [0.15, 0.2) is 54.6 Å². The van der Waals surface area contributed by atoms with Crippen LogP contribution in [0.5, 0.6) is 0 Å². The molecule has 3 unspecified atom stereocenters. The van der Waals surface area contributed by atoms with E-state index < -0.39 is 12.1 Å². The van der Waals surface area contributed by atoms with Crippen LogP contribution in [0.4, 0.5) is 13.2 Å². The second-order valence-corrected chi connectivity index (χ2v) is 9.09. The van der Waals surface area contributed by atoms with Crippen molar-refractivity contribution in [2.75, 3.05) is 13.1 Å². The normalized spacial score (nSPS) is 20.3. The molecular weight excluding hydrogens is 395 g/mol. The van der Waals surface area contributed by atoms with Crippen LogP contribution >= 0.6 is 0 Å². The summed E-state index contributed by atoms with van der Waals surface area (Å²) in [6.07, 6.45) is 1.71. The Kier molecular flexibility index (Phi) is 8.59. The van der Waals surface area contributed by atoms with Gasteiger partial charge in [-0.1, -0.05) is 67.9 Å². The molecule has 3 rings (SSSR count). The maximum absolute atomic E-state index is 13.3. The third-order valence-electron chi connectivity index (χ3n) is 6.86. The van der Waals surface area contributed by atoms with Crippen molar-refractivity contribution >= 4 is 0 Å². The first kappa shape index (κ1) is 23.8. The van der Waals surface area contributed by atoms with Crippen LogP contribution in [-0.2, 0) is 12.8 Å². The van der Waals surface area contributed by atoms with Crippen LogP contribution in [0.2, 0.25) is 0 Å². The van der Waals surface area contributed by atoms with E-state index in [9.17, 15) is 13.2 Å². The van der Waals surface area contributed by atoms with Crippen LogP contribution in [0.3, 0.4) is 0 Å². The summed E-state index contributed by atoms with van der Waals surface area (Å²) in [7, 11) is 0. The molecule has 1 aliphatic carbocycles. The summed E-state index contributed by atoms with van der Waals surface area (Å²) < 4.78 is 39.9. The molecule has 0 amide bonds. The monoisotopic (exact) mass is 431 g/mol. The molecule has 31 heavy (non-hydrogen) atoms. The van der Waals surface area contributed by atoms with Gasteiger partial charge in [-0.3, -0.25) is 0 Å². The minimum Gasteiger partial charge on any atom is -0.300 e. The van der Waals surface area contributed by atoms with E-state index in [4.69, 9.17) is 0 Å². The molecule has 170 valence electrons. The fraction of sp³-hybridized carbons (Fsp3) is 0.556. The fourth-order valence-electron chi connectivity index (χ4n) is 5.00. The summed E-state index contributed by atoms with van der Waals surface area (Å²) in [5.41, 5.74) is 3.44. The standard InChI is InChI=1S/C27H36F3N/c1-3-19-31(20-18-22-8-5-4-6-9-22)21(2)12-13-23-14-16-24(17-15-23)25-10-7-11-26(25)27(28,29)30/h4-6,8-9,14-17,21,25-26H,3,7,10-13,18-20H2,1-2H3. The van der Waals surface area contributed by atoms with Gasteiger partial charge in [0.25, 0.3) is 0 Å². The summed E-state index contributed by atoms with van der Waals surface area (Å²) in [5, 5.41) is 0. The Hall–Kier alpha value is -1.81. The van der Waals surface area contributed by atoms with Gasteiger partial charge in [0.2, 0.25) is 0 Å². The Balaban J connectivity index is 1.53. The molecule has 0 heterocycles. The first-order chi connectivity index (χ1) is 14.9. The highest BCUT2D eigenvalue weighted by molar-refractivity contribution is 5.27. The van der Waals surface area contributed by atoms with Gasteiger partial charge in [0.05, 0.1) is 5.92 Å². The summed E-state index contributed by atoms with van der Waals surface area (Å²) in [6, 6.07) is 19.1. The number of aryl methyl sites for hydroxylation is 1. The van der Waals surface area contributed by atoms with Gasteiger partial charge in [0.15, 0.2) is 0 Å². The van der Waals surface area contributed by atoms with Crippen molar-refractivity contribution in [1.82, 2.24) is 4.90 Å². The Morgan fingerprint density at radius 3 is 2.23 bits per heavy atom. The first-order valence-electron chi connectivity index (χ1n) is 11.8. The summed E-state index contributed by atoms with van der Waals surface area (Å²) in [6.45, 7) is 6.66. The predicted octanol–water partition coefficient (Wildman–Crippen LogP) is 7.41. The Morgan fingerprint density at radius 1 is 0.903 bits per heavy atom. The molecule has 3 atom stereocenters. The molecule has 0 saturated heterocycles. The Labute approximate surface area is 185 Å². The molecule has 1 aliphatic rings. The van der Waals surface area contributed by atoms with Crippen molar-refractivity contribution in [1.29, 1.82) is 0 Å². The van der Waals surface area contributed by atoms with Crippen molar-refractivity contribution in [2.45, 2.75) is 76.9 Å². The summed E-state index contributed by atoms with van der Waals surface area (Å²) in [4.78, 5) is 2.56. The third-order valence-corrected chi connectivity index (χ3v) is 6.86. The largest absolute Gasteiger partial charge is 0.392 e. The van der Waals surface area contributed by atoms with Gasteiger partial charge in [0.1, 0.15) is 0 Å². The number of halogens is 3. The van der Waals surface area contributed by atoms with E-state index in [0.29, 0.717) is 18.9 Å². The van der Waals surface area contributed by atoms with Crippen molar-refractivity contribution in [3.05, 3.63) is 71.3 Å². The van der Waals surface area contributed by atoms with Gasteiger partial charge in [-0.2, -0.15) is 13.2 Å². The highest BCUT2D eigenvalue weighted by atomic mass is 19.4. The third kappa shape index (κ3) is 6.83. The van der Waals surface area contributed by atoms with Gasteiger partial charge >= 0.3 is 6.18 Å². The van der Waals surface area contributed by atoms with Crippen LogP contribution in [-0.4, -0.2) is 30.2 Å². The Bertz CT molecular complexity index is 769. The quantitative estimate of drug-likeness (QED) is 0.379. The first-order valence-corrected chi connectivity index (χ1v) is 11.8. The Morgan fingerprint density at radius 2 is 1.58 bits per heavy atom. The number of hydrogen-bond acceptors (Lipinski definition) is 1. The maximum Gasteiger partial charge on any atom is 0.392 e. The van der Waals surface area contributed by atoms with Gasteiger partial charge in [-0.15, -0.1) is 0 Å². The summed E-state index contributed by atoms with van der Waals surface area (Å²) >= 11 is 0. The topological polar surface area (TPSA) is 3.24 Å². The molecule has 0 aromatic heterocycles. The maximum atomic E-state index is 13.3.